The summed E-state index contributed by atoms with van der Waals surface area (Å²) in [7, 11) is 0. The van der Waals surface area contributed by atoms with Gasteiger partial charge in [-0.3, -0.25) is 4.98 Å². The fraction of sp³-hybridized carbons (Fsp3) is 0.312. The SMILES string of the molecule is Cc1ccncc1C(O)c1ccc(OC2CC2)cc1. The summed E-state index contributed by atoms with van der Waals surface area (Å²) in [6, 6.07) is 9.57. The Hall–Kier alpha value is -1.87. The zero-order chi connectivity index (χ0) is 13.2. The van der Waals surface area contributed by atoms with E-state index >= 15 is 0 Å². The molecule has 1 N–H and O–H groups in total. The molecule has 1 fully saturated rings. The Balaban J connectivity index is 1.79. The van der Waals surface area contributed by atoms with Crippen molar-refractivity contribution in [1.82, 2.24) is 4.98 Å². The first-order chi connectivity index (χ1) is 9.24. The Labute approximate surface area is 112 Å². The van der Waals surface area contributed by atoms with Crippen LogP contribution in [0.4, 0.5) is 0 Å². The van der Waals surface area contributed by atoms with Gasteiger partial charge in [-0.15, -0.1) is 0 Å². The van der Waals surface area contributed by atoms with Crippen molar-refractivity contribution in [3.63, 3.8) is 0 Å². The van der Waals surface area contributed by atoms with Crippen LogP contribution in [0.15, 0.2) is 42.7 Å². The standard InChI is InChI=1S/C16H17NO2/c1-11-8-9-17-10-15(11)16(18)12-2-4-13(5-3-12)19-14-6-7-14/h2-5,8-10,14,16,18H,6-7H2,1H3. The van der Waals surface area contributed by atoms with Crippen LogP contribution in [0.25, 0.3) is 0 Å². The number of aliphatic hydroxyl groups excluding tert-OH is 1. The fourth-order valence-electron chi connectivity index (χ4n) is 2.05. The fourth-order valence-corrected chi connectivity index (χ4v) is 2.05. The van der Waals surface area contributed by atoms with Gasteiger partial charge in [-0.25, -0.2) is 0 Å². The summed E-state index contributed by atoms with van der Waals surface area (Å²) in [5.74, 6) is 0.876. The van der Waals surface area contributed by atoms with Gasteiger partial charge in [0.2, 0.25) is 0 Å². The van der Waals surface area contributed by atoms with Gasteiger partial charge in [0.15, 0.2) is 0 Å². The van der Waals surface area contributed by atoms with E-state index in [1.807, 2.05) is 37.3 Å². The molecule has 1 aromatic heterocycles. The predicted molar refractivity (Wildman–Crippen MR) is 73.1 cm³/mol. The first-order valence-electron chi connectivity index (χ1n) is 6.59. The molecule has 1 saturated carbocycles. The Morgan fingerprint density at radius 3 is 2.58 bits per heavy atom. The van der Waals surface area contributed by atoms with Crippen molar-refractivity contribution in [2.24, 2.45) is 0 Å². The number of ether oxygens (including phenoxy) is 1. The van der Waals surface area contributed by atoms with E-state index in [2.05, 4.69) is 4.98 Å². The molecule has 3 heteroatoms. The van der Waals surface area contributed by atoms with E-state index in [0.717, 1.165) is 35.3 Å². The maximum absolute atomic E-state index is 10.4. The summed E-state index contributed by atoms with van der Waals surface area (Å²) in [5, 5.41) is 10.4. The van der Waals surface area contributed by atoms with Gasteiger partial charge in [0, 0.05) is 18.0 Å². The van der Waals surface area contributed by atoms with E-state index in [1.165, 1.54) is 0 Å². The summed E-state index contributed by atoms with van der Waals surface area (Å²) in [6.07, 6.45) is 5.52. The molecule has 3 rings (SSSR count). The molecular formula is C16H17NO2. The number of hydrogen-bond acceptors (Lipinski definition) is 3. The van der Waals surface area contributed by atoms with Crippen molar-refractivity contribution in [2.75, 3.05) is 0 Å². The molecule has 1 aliphatic carbocycles. The van der Waals surface area contributed by atoms with Crippen molar-refractivity contribution in [2.45, 2.75) is 32.0 Å². The Kier molecular flexibility index (Phi) is 3.22. The minimum Gasteiger partial charge on any atom is -0.490 e. The minimum atomic E-state index is -0.635. The molecule has 1 atom stereocenters. The molecule has 0 amide bonds. The molecule has 1 aromatic carbocycles. The van der Waals surface area contributed by atoms with Crippen LogP contribution in [-0.4, -0.2) is 16.2 Å². The highest BCUT2D eigenvalue weighted by Gasteiger charge is 2.23. The van der Waals surface area contributed by atoms with Gasteiger partial charge >= 0.3 is 0 Å². The topological polar surface area (TPSA) is 42.4 Å². The lowest BCUT2D eigenvalue weighted by atomic mass is 9.99. The molecule has 0 saturated heterocycles. The van der Waals surface area contributed by atoms with E-state index in [9.17, 15) is 5.11 Å². The van der Waals surface area contributed by atoms with Crippen LogP contribution in [0.2, 0.25) is 0 Å². The second-order valence-electron chi connectivity index (χ2n) is 5.02. The van der Waals surface area contributed by atoms with Crippen LogP contribution in [0.3, 0.4) is 0 Å². The van der Waals surface area contributed by atoms with Crippen molar-refractivity contribution < 1.29 is 9.84 Å². The zero-order valence-corrected chi connectivity index (χ0v) is 10.9. The van der Waals surface area contributed by atoms with Gasteiger partial charge in [0.25, 0.3) is 0 Å². The summed E-state index contributed by atoms with van der Waals surface area (Å²) >= 11 is 0. The highest BCUT2D eigenvalue weighted by atomic mass is 16.5. The number of rotatable bonds is 4. The number of aromatic nitrogens is 1. The number of aryl methyl sites for hydroxylation is 1. The maximum Gasteiger partial charge on any atom is 0.119 e. The van der Waals surface area contributed by atoms with Crippen molar-refractivity contribution in [3.05, 3.63) is 59.4 Å². The van der Waals surface area contributed by atoms with Crippen molar-refractivity contribution in [3.8, 4) is 5.75 Å². The molecule has 0 aliphatic heterocycles. The van der Waals surface area contributed by atoms with Crippen molar-refractivity contribution >= 4 is 0 Å². The van der Waals surface area contributed by atoms with Crippen LogP contribution in [0, 0.1) is 6.92 Å². The van der Waals surface area contributed by atoms with Gasteiger partial charge in [0.05, 0.1) is 6.10 Å². The monoisotopic (exact) mass is 255 g/mol. The second kappa shape index (κ2) is 5.02. The predicted octanol–water partition coefficient (Wildman–Crippen LogP) is 3.01. The van der Waals surface area contributed by atoms with Crippen LogP contribution in [-0.2, 0) is 0 Å². The van der Waals surface area contributed by atoms with Gasteiger partial charge < -0.3 is 9.84 Å². The number of benzene rings is 1. The molecule has 0 radical (unpaired) electrons. The normalized spacial score (nSPS) is 16.1. The van der Waals surface area contributed by atoms with E-state index in [1.54, 1.807) is 12.4 Å². The molecule has 0 spiro atoms. The molecule has 1 unspecified atom stereocenters. The molecule has 3 nitrogen and oxygen atoms in total. The quantitative estimate of drug-likeness (QED) is 0.913. The lowest BCUT2D eigenvalue weighted by molar-refractivity contribution is 0.219. The van der Waals surface area contributed by atoms with Gasteiger partial charge in [-0.1, -0.05) is 12.1 Å². The minimum absolute atomic E-state index is 0.399. The lowest BCUT2D eigenvalue weighted by Gasteiger charge is -2.14. The molecule has 98 valence electrons. The first-order valence-corrected chi connectivity index (χ1v) is 6.59. The summed E-state index contributed by atoms with van der Waals surface area (Å²) in [6.45, 7) is 1.98. The third kappa shape index (κ3) is 2.76. The maximum atomic E-state index is 10.4. The van der Waals surface area contributed by atoms with Gasteiger partial charge in [-0.05, 0) is 49.1 Å². The molecule has 2 aromatic rings. The Bertz CT molecular complexity index is 561. The Morgan fingerprint density at radius 1 is 1.21 bits per heavy atom. The van der Waals surface area contributed by atoms with E-state index < -0.39 is 6.10 Å². The molecule has 0 bridgehead atoms. The second-order valence-corrected chi connectivity index (χ2v) is 5.02. The van der Waals surface area contributed by atoms with Gasteiger partial charge in [-0.2, -0.15) is 0 Å². The smallest absolute Gasteiger partial charge is 0.119 e. The highest BCUT2D eigenvalue weighted by Crippen LogP contribution is 2.29. The van der Waals surface area contributed by atoms with E-state index in [-0.39, 0.29) is 0 Å². The van der Waals surface area contributed by atoms with Crippen LogP contribution in [0.5, 0.6) is 5.75 Å². The van der Waals surface area contributed by atoms with Crippen LogP contribution in [0.1, 0.15) is 35.6 Å². The zero-order valence-electron chi connectivity index (χ0n) is 10.9. The largest absolute Gasteiger partial charge is 0.490 e. The third-order valence-electron chi connectivity index (χ3n) is 3.40. The van der Waals surface area contributed by atoms with Crippen LogP contribution < -0.4 is 4.74 Å². The summed E-state index contributed by atoms with van der Waals surface area (Å²) in [4.78, 5) is 4.07. The summed E-state index contributed by atoms with van der Waals surface area (Å²) in [5.41, 5.74) is 2.75. The summed E-state index contributed by atoms with van der Waals surface area (Å²) < 4.78 is 5.70. The van der Waals surface area contributed by atoms with E-state index in [0.29, 0.717) is 6.10 Å². The molecule has 19 heavy (non-hydrogen) atoms. The lowest BCUT2D eigenvalue weighted by Crippen LogP contribution is -2.03. The average molecular weight is 255 g/mol. The molecule has 1 heterocycles. The molecular weight excluding hydrogens is 238 g/mol. The number of nitrogens with zero attached hydrogens (tertiary/aromatic N) is 1. The number of pyridine rings is 1. The number of hydrogen-bond donors (Lipinski definition) is 1. The van der Waals surface area contributed by atoms with E-state index in [4.69, 9.17) is 4.74 Å². The first kappa shape index (κ1) is 12.2. The van der Waals surface area contributed by atoms with Gasteiger partial charge in [0.1, 0.15) is 11.9 Å². The molecule has 1 aliphatic rings. The highest BCUT2D eigenvalue weighted by molar-refractivity contribution is 5.36. The van der Waals surface area contributed by atoms with Crippen molar-refractivity contribution in [1.29, 1.82) is 0 Å². The number of aliphatic hydroxyl groups is 1. The average Bonchev–Trinajstić information content (AvgIpc) is 3.23. The van der Waals surface area contributed by atoms with Crippen LogP contribution >= 0.6 is 0 Å². The Morgan fingerprint density at radius 2 is 1.95 bits per heavy atom. The third-order valence-corrected chi connectivity index (χ3v) is 3.40.